The van der Waals surface area contributed by atoms with Gasteiger partial charge in [0.25, 0.3) is 0 Å². The van der Waals surface area contributed by atoms with Crippen LogP contribution in [0.5, 0.6) is 5.75 Å². The molecule has 2 aromatic rings. The van der Waals surface area contributed by atoms with Crippen molar-refractivity contribution in [2.75, 3.05) is 0 Å². The highest BCUT2D eigenvalue weighted by Gasteiger charge is 2.20. The number of furan rings is 1. The summed E-state index contributed by atoms with van der Waals surface area (Å²) in [5, 5.41) is 8.75. The van der Waals surface area contributed by atoms with Gasteiger partial charge in [0.15, 0.2) is 0 Å². The van der Waals surface area contributed by atoms with Crippen molar-refractivity contribution in [1.82, 2.24) is 0 Å². The third-order valence-electron chi connectivity index (χ3n) is 2.93. The fourth-order valence-electron chi connectivity index (χ4n) is 1.85. The SMILES string of the molecule is CC(C)(CCc1ccco1)Oc1ccc(C#N)cc1. The molecule has 0 aliphatic heterocycles. The topological polar surface area (TPSA) is 46.2 Å². The molecule has 2 rings (SSSR count). The van der Waals surface area contributed by atoms with Gasteiger partial charge in [-0.2, -0.15) is 5.26 Å². The second kappa shape index (κ2) is 5.62. The molecule has 0 spiro atoms. The Labute approximate surface area is 113 Å². The van der Waals surface area contributed by atoms with Crippen LogP contribution in [0.3, 0.4) is 0 Å². The lowest BCUT2D eigenvalue weighted by Crippen LogP contribution is -2.28. The van der Waals surface area contributed by atoms with Gasteiger partial charge in [-0.05, 0) is 56.7 Å². The molecule has 0 radical (unpaired) electrons. The molecule has 1 heterocycles. The van der Waals surface area contributed by atoms with E-state index in [1.54, 1.807) is 18.4 Å². The minimum absolute atomic E-state index is 0.277. The van der Waals surface area contributed by atoms with E-state index in [2.05, 4.69) is 6.07 Å². The van der Waals surface area contributed by atoms with Gasteiger partial charge in [-0.25, -0.2) is 0 Å². The van der Waals surface area contributed by atoms with Gasteiger partial charge in [-0.1, -0.05) is 0 Å². The molecule has 1 aromatic heterocycles. The maximum Gasteiger partial charge on any atom is 0.120 e. The van der Waals surface area contributed by atoms with Gasteiger partial charge in [-0.3, -0.25) is 0 Å². The number of aryl methyl sites for hydroxylation is 1. The molecular formula is C16H17NO2. The molecule has 0 fully saturated rings. The molecule has 0 atom stereocenters. The minimum atomic E-state index is -0.277. The van der Waals surface area contributed by atoms with Crippen LogP contribution in [0.4, 0.5) is 0 Å². The Kier molecular flexibility index (Phi) is 3.91. The van der Waals surface area contributed by atoms with Crippen LogP contribution in [0.1, 0.15) is 31.6 Å². The largest absolute Gasteiger partial charge is 0.488 e. The molecular weight excluding hydrogens is 238 g/mol. The van der Waals surface area contributed by atoms with Gasteiger partial charge in [0.05, 0.1) is 17.9 Å². The third-order valence-corrected chi connectivity index (χ3v) is 2.93. The molecule has 19 heavy (non-hydrogen) atoms. The average Bonchev–Trinajstić information content (AvgIpc) is 2.90. The van der Waals surface area contributed by atoms with Crippen molar-refractivity contribution >= 4 is 0 Å². The van der Waals surface area contributed by atoms with Crippen LogP contribution in [0.15, 0.2) is 47.1 Å². The third kappa shape index (κ3) is 3.89. The molecule has 0 amide bonds. The van der Waals surface area contributed by atoms with E-state index in [1.807, 2.05) is 38.1 Å². The van der Waals surface area contributed by atoms with E-state index in [4.69, 9.17) is 14.4 Å². The summed E-state index contributed by atoms with van der Waals surface area (Å²) in [6, 6.07) is 13.1. The summed E-state index contributed by atoms with van der Waals surface area (Å²) in [4.78, 5) is 0. The van der Waals surface area contributed by atoms with Crippen LogP contribution < -0.4 is 4.74 Å². The lowest BCUT2D eigenvalue weighted by atomic mass is 10.0. The zero-order chi connectivity index (χ0) is 13.7. The molecule has 0 saturated heterocycles. The number of ether oxygens (including phenoxy) is 1. The van der Waals surface area contributed by atoms with Crippen LogP contribution in [-0.2, 0) is 6.42 Å². The number of rotatable bonds is 5. The van der Waals surface area contributed by atoms with Gasteiger partial charge in [0.1, 0.15) is 17.1 Å². The predicted molar refractivity (Wildman–Crippen MR) is 72.9 cm³/mol. The predicted octanol–water partition coefficient (Wildman–Crippen LogP) is 3.94. The van der Waals surface area contributed by atoms with E-state index in [-0.39, 0.29) is 5.60 Å². The molecule has 0 N–H and O–H groups in total. The highest BCUT2D eigenvalue weighted by atomic mass is 16.5. The summed E-state index contributed by atoms with van der Waals surface area (Å²) < 4.78 is 11.3. The Morgan fingerprint density at radius 1 is 1.21 bits per heavy atom. The summed E-state index contributed by atoms with van der Waals surface area (Å²) >= 11 is 0. The Balaban J connectivity index is 1.94. The first kappa shape index (κ1) is 13.2. The minimum Gasteiger partial charge on any atom is -0.488 e. The van der Waals surface area contributed by atoms with E-state index < -0.39 is 0 Å². The van der Waals surface area contributed by atoms with E-state index in [0.29, 0.717) is 5.56 Å². The van der Waals surface area contributed by atoms with E-state index in [1.165, 1.54) is 0 Å². The molecule has 0 unspecified atom stereocenters. The maximum absolute atomic E-state index is 8.75. The summed E-state index contributed by atoms with van der Waals surface area (Å²) in [5.41, 5.74) is 0.363. The first-order valence-corrected chi connectivity index (χ1v) is 6.31. The summed E-state index contributed by atoms with van der Waals surface area (Å²) in [5.74, 6) is 1.75. The molecule has 0 bridgehead atoms. The number of hydrogen-bond acceptors (Lipinski definition) is 3. The number of nitrogens with zero attached hydrogens (tertiary/aromatic N) is 1. The van der Waals surface area contributed by atoms with Gasteiger partial charge in [0, 0.05) is 6.42 Å². The highest BCUT2D eigenvalue weighted by Crippen LogP contribution is 2.23. The first-order valence-electron chi connectivity index (χ1n) is 6.31. The molecule has 1 aromatic carbocycles. The average molecular weight is 255 g/mol. The fourth-order valence-corrected chi connectivity index (χ4v) is 1.85. The zero-order valence-electron chi connectivity index (χ0n) is 11.2. The lowest BCUT2D eigenvalue weighted by Gasteiger charge is -2.26. The molecule has 0 aliphatic carbocycles. The first-order chi connectivity index (χ1) is 9.09. The van der Waals surface area contributed by atoms with Gasteiger partial charge in [-0.15, -0.1) is 0 Å². The lowest BCUT2D eigenvalue weighted by molar-refractivity contribution is 0.0980. The highest BCUT2D eigenvalue weighted by molar-refractivity contribution is 5.34. The Bertz CT molecular complexity index is 547. The smallest absolute Gasteiger partial charge is 0.120 e. The van der Waals surface area contributed by atoms with Crippen molar-refractivity contribution in [3.8, 4) is 11.8 Å². The van der Waals surface area contributed by atoms with Crippen molar-refractivity contribution in [1.29, 1.82) is 5.26 Å². The van der Waals surface area contributed by atoms with Crippen LogP contribution in [-0.4, -0.2) is 5.60 Å². The number of nitriles is 1. The van der Waals surface area contributed by atoms with Gasteiger partial charge in [0.2, 0.25) is 0 Å². The zero-order valence-corrected chi connectivity index (χ0v) is 11.2. The monoisotopic (exact) mass is 255 g/mol. The fraction of sp³-hybridized carbons (Fsp3) is 0.312. The number of hydrogen-bond donors (Lipinski definition) is 0. The second-order valence-electron chi connectivity index (χ2n) is 5.08. The Morgan fingerprint density at radius 2 is 1.95 bits per heavy atom. The van der Waals surface area contributed by atoms with Crippen molar-refractivity contribution in [2.24, 2.45) is 0 Å². The second-order valence-corrected chi connectivity index (χ2v) is 5.08. The van der Waals surface area contributed by atoms with Crippen molar-refractivity contribution < 1.29 is 9.15 Å². The molecule has 0 aliphatic rings. The summed E-state index contributed by atoms with van der Waals surface area (Å²) in [7, 11) is 0. The number of benzene rings is 1. The normalized spacial score (nSPS) is 11.0. The maximum atomic E-state index is 8.75. The van der Waals surface area contributed by atoms with Crippen LogP contribution >= 0.6 is 0 Å². The standard InChI is InChI=1S/C16H17NO2/c1-16(2,10-9-14-4-3-11-18-14)19-15-7-5-13(12-17)6-8-15/h3-8,11H,9-10H2,1-2H3. The quantitative estimate of drug-likeness (QED) is 0.812. The van der Waals surface area contributed by atoms with Crippen molar-refractivity contribution in [3.05, 3.63) is 54.0 Å². The van der Waals surface area contributed by atoms with E-state index >= 15 is 0 Å². The van der Waals surface area contributed by atoms with Crippen LogP contribution in [0, 0.1) is 11.3 Å². The summed E-state index contributed by atoms with van der Waals surface area (Å²) in [6.07, 6.45) is 3.39. The summed E-state index contributed by atoms with van der Waals surface area (Å²) in [6.45, 7) is 4.10. The Hall–Kier alpha value is -2.21. The van der Waals surface area contributed by atoms with Crippen molar-refractivity contribution in [3.63, 3.8) is 0 Å². The Morgan fingerprint density at radius 3 is 2.53 bits per heavy atom. The van der Waals surface area contributed by atoms with E-state index in [0.717, 1.165) is 24.4 Å². The molecule has 98 valence electrons. The van der Waals surface area contributed by atoms with Crippen LogP contribution in [0.2, 0.25) is 0 Å². The van der Waals surface area contributed by atoms with Crippen molar-refractivity contribution in [2.45, 2.75) is 32.3 Å². The van der Waals surface area contributed by atoms with Gasteiger partial charge < -0.3 is 9.15 Å². The molecule has 3 heteroatoms. The van der Waals surface area contributed by atoms with E-state index in [9.17, 15) is 0 Å². The molecule has 3 nitrogen and oxygen atoms in total. The van der Waals surface area contributed by atoms with Gasteiger partial charge >= 0.3 is 0 Å². The van der Waals surface area contributed by atoms with Crippen LogP contribution in [0.25, 0.3) is 0 Å². The molecule has 0 saturated carbocycles.